The molecular weight excluding hydrogens is 268 g/mol. The number of hydrogen-bond acceptors (Lipinski definition) is 4. The van der Waals surface area contributed by atoms with Gasteiger partial charge in [0, 0.05) is 20.1 Å². The maximum absolute atomic E-state index is 11.3. The highest BCUT2D eigenvalue weighted by atomic mass is 16.4. The van der Waals surface area contributed by atoms with Crippen LogP contribution in [0.2, 0.25) is 0 Å². The zero-order valence-corrected chi connectivity index (χ0v) is 11.9. The molecule has 2 heterocycles. The lowest BCUT2D eigenvalue weighted by atomic mass is 10.2. The van der Waals surface area contributed by atoms with Gasteiger partial charge in [-0.2, -0.15) is 5.10 Å². The number of anilines is 2. The van der Waals surface area contributed by atoms with Gasteiger partial charge in [-0.25, -0.2) is 4.79 Å². The van der Waals surface area contributed by atoms with Gasteiger partial charge in [0.05, 0.1) is 29.8 Å². The first-order valence-corrected chi connectivity index (χ1v) is 6.99. The number of aromatic carboxylic acids is 1. The molecular formula is C15H18N4O2. The minimum atomic E-state index is -0.931. The van der Waals surface area contributed by atoms with Crippen molar-refractivity contribution in [3.05, 3.63) is 41.7 Å². The Morgan fingerprint density at radius 1 is 1.43 bits per heavy atom. The van der Waals surface area contributed by atoms with Crippen LogP contribution in [0.5, 0.6) is 0 Å². The second kappa shape index (κ2) is 5.47. The van der Waals surface area contributed by atoms with Crippen LogP contribution in [0.25, 0.3) is 0 Å². The summed E-state index contributed by atoms with van der Waals surface area (Å²) in [7, 11) is 1.78. The summed E-state index contributed by atoms with van der Waals surface area (Å²) in [4.78, 5) is 13.5. The van der Waals surface area contributed by atoms with E-state index in [0.717, 1.165) is 36.6 Å². The van der Waals surface area contributed by atoms with E-state index in [0.29, 0.717) is 6.54 Å². The standard InChI is InChI=1S/C15H18N4O2/c1-18-14(11(9-17-18)15(20)21)10-19-8-4-7-16-12-5-2-3-6-13(12)19/h2-3,5-6,9,16H,4,7-8,10H2,1H3,(H,20,21). The van der Waals surface area contributed by atoms with Gasteiger partial charge in [0.1, 0.15) is 5.56 Å². The van der Waals surface area contributed by atoms with Gasteiger partial charge in [0.2, 0.25) is 0 Å². The third-order valence-corrected chi connectivity index (χ3v) is 3.80. The molecule has 1 aliphatic rings. The number of nitrogens with one attached hydrogen (secondary N) is 1. The molecule has 0 spiro atoms. The van der Waals surface area contributed by atoms with Crippen LogP contribution in [0.4, 0.5) is 11.4 Å². The third kappa shape index (κ3) is 2.56. The van der Waals surface area contributed by atoms with Gasteiger partial charge in [-0.15, -0.1) is 0 Å². The predicted octanol–water partition coefficient (Wildman–Crippen LogP) is 1.94. The first kappa shape index (κ1) is 13.5. The Morgan fingerprint density at radius 2 is 2.24 bits per heavy atom. The third-order valence-electron chi connectivity index (χ3n) is 3.80. The maximum atomic E-state index is 11.3. The topological polar surface area (TPSA) is 70.4 Å². The van der Waals surface area contributed by atoms with Gasteiger partial charge in [0.15, 0.2) is 0 Å². The molecule has 2 N–H and O–H groups in total. The minimum absolute atomic E-state index is 0.271. The lowest BCUT2D eigenvalue weighted by Crippen LogP contribution is -2.25. The summed E-state index contributed by atoms with van der Waals surface area (Å²) in [5.74, 6) is -0.931. The van der Waals surface area contributed by atoms with Gasteiger partial charge in [-0.1, -0.05) is 12.1 Å². The number of carboxylic acid groups (broad SMARTS) is 1. The monoisotopic (exact) mass is 286 g/mol. The number of nitrogens with zero attached hydrogens (tertiary/aromatic N) is 3. The number of para-hydroxylation sites is 2. The highest BCUT2D eigenvalue weighted by Gasteiger charge is 2.20. The lowest BCUT2D eigenvalue weighted by Gasteiger charge is -2.24. The molecule has 6 heteroatoms. The van der Waals surface area contributed by atoms with Crippen molar-refractivity contribution in [3.63, 3.8) is 0 Å². The van der Waals surface area contributed by atoms with Crippen LogP contribution in [0.3, 0.4) is 0 Å². The van der Waals surface area contributed by atoms with E-state index in [9.17, 15) is 9.90 Å². The Bertz CT molecular complexity index is 665. The number of fused-ring (bicyclic) bond motifs is 1. The molecule has 0 saturated heterocycles. The van der Waals surface area contributed by atoms with Crippen LogP contribution in [-0.2, 0) is 13.6 Å². The number of aryl methyl sites for hydroxylation is 1. The Kier molecular flexibility index (Phi) is 3.51. The molecule has 0 radical (unpaired) electrons. The van der Waals surface area contributed by atoms with Crippen molar-refractivity contribution >= 4 is 17.3 Å². The molecule has 0 atom stereocenters. The van der Waals surface area contributed by atoms with Crippen LogP contribution in [0.1, 0.15) is 22.5 Å². The zero-order chi connectivity index (χ0) is 14.8. The predicted molar refractivity (Wildman–Crippen MR) is 80.8 cm³/mol. The summed E-state index contributed by atoms with van der Waals surface area (Å²) in [6, 6.07) is 8.11. The van der Waals surface area contributed by atoms with Gasteiger partial charge in [0.25, 0.3) is 0 Å². The lowest BCUT2D eigenvalue weighted by molar-refractivity contribution is 0.0695. The molecule has 0 bridgehead atoms. The van der Waals surface area contributed by atoms with Crippen LogP contribution in [0.15, 0.2) is 30.5 Å². The van der Waals surface area contributed by atoms with E-state index in [1.54, 1.807) is 11.7 Å². The fraction of sp³-hybridized carbons (Fsp3) is 0.333. The molecule has 0 aliphatic carbocycles. The fourth-order valence-corrected chi connectivity index (χ4v) is 2.69. The highest BCUT2D eigenvalue weighted by Crippen LogP contribution is 2.29. The molecule has 21 heavy (non-hydrogen) atoms. The average molecular weight is 286 g/mol. The largest absolute Gasteiger partial charge is 0.478 e. The highest BCUT2D eigenvalue weighted by molar-refractivity contribution is 5.88. The molecule has 3 rings (SSSR count). The smallest absolute Gasteiger partial charge is 0.339 e. The molecule has 2 aromatic rings. The number of hydrogen-bond donors (Lipinski definition) is 2. The average Bonchev–Trinajstić information content (AvgIpc) is 2.71. The molecule has 1 aromatic heterocycles. The van der Waals surface area contributed by atoms with Gasteiger partial charge in [-0.05, 0) is 18.6 Å². The van der Waals surface area contributed by atoms with E-state index in [4.69, 9.17) is 0 Å². The minimum Gasteiger partial charge on any atom is -0.478 e. The van der Waals surface area contributed by atoms with E-state index in [1.807, 2.05) is 12.1 Å². The Hall–Kier alpha value is -2.50. The Labute approximate surface area is 123 Å². The van der Waals surface area contributed by atoms with E-state index in [2.05, 4.69) is 27.4 Å². The van der Waals surface area contributed by atoms with E-state index in [-0.39, 0.29) is 5.56 Å². The second-order valence-corrected chi connectivity index (χ2v) is 5.15. The molecule has 0 saturated carbocycles. The van der Waals surface area contributed by atoms with Crippen LogP contribution >= 0.6 is 0 Å². The zero-order valence-electron chi connectivity index (χ0n) is 11.9. The number of benzene rings is 1. The summed E-state index contributed by atoms with van der Waals surface area (Å²) < 4.78 is 1.64. The summed E-state index contributed by atoms with van der Waals surface area (Å²) in [5, 5.41) is 16.8. The van der Waals surface area contributed by atoms with Crippen LogP contribution < -0.4 is 10.2 Å². The van der Waals surface area contributed by atoms with Gasteiger partial charge in [-0.3, -0.25) is 4.68 Å². The first-order valence-electron chi connectivity index (χ1n) is 6.99. The van der Waals surface area contributed by atoms with E-state index in [1.165, 1.54) is 6.20 Å². The molecule has 1 aliphatic heterocycles. The molecule has 110 valence electrons. The maximum Gasteiger partial charge on any atom is 0.339 e. The van der Waals surface area contributed by atoms with Crippen molar-refractivity contribution in [1.29, 1.82) is 0 Å². The molecule has 6 nitrogen and oxygen atoms in total. The van der Waals surface area contributed by atoms with Gasteiger partial charge < -0.3 is 15.3 Å². The molecule has 0 fully saturated rings. The molecule has 0 unspecified atom stereocenters. The van der Waals surface area contributed by atoms with Crippen LogP contribution in [-0.4, -0.2) is 33.9 Å². The van der Waals surface area contributed by atoms with Crippen molar-refractivity contribution in [3.8, 4) is 0 Å². The fourth-order valence-electron chi connectivity index (χ4n) is 2.69. The number of aromatic nitrogens is 2. The van der Waals surface area contributed by atoms with Crippen molar-refractivity contribution in [1.82, 2.24) is 9.78 Å². The van der Waals surface area contributed by atoms with Crippen molar-refractivity contribution < 1.29 is 9.90 Å². The SMILES string of the molecule is Cn1ncc(C(=O)O)c1CN1CCCNc2ccccc21. The Balaban J connectivity index is 1.95. The summed E-state index contributed by atoms with van der Waals surface area (Å²) in [6.45, 7) is 2.34. The number of carboxylic acids is 1. The van der Waals surface area contributed by atoms with E-state index < -0.39 is 5.97 Å². The first-order chi connectivity index (χ1) is 10.2. The quantitative estimate of drug-likeness (QED) is 0.902. The summed E-state index contributed by atoms with van der Waals surface area (Å²) >= 11 is 0. The van der Waals surface area contributed by atoms with Crippen molar-refractivity contribution in [2.45, 2.75) is 13.0 Å². The Morgan fingerprint density at radius 3 is 3.05 bits per heavy atom. The van der Waals surface area contributed by atoms with E-state index >= 15 is 0 Å². The number of rotatable bonds is 3. The number of carbonyl (C=O) groups is 1. The summed E-state index contributed by atoms with van der Waals surface area (Å²) in [5.41, 5.74) is 3.19. The second-order valence-electron chi connectivity index (χ2n) is 5.15. The van der Waals surface area contributed by atoms with Crippen molar-refractivity contribution in [2.75, 3.05) is 23.3 Å². The normalized spacial score (nSPS) is 14.2. The molecule has 1 aromatic carbocycles. The van der Waals surface area contributed by atoms with Crippen LogP contribution in [0, 0.1) is 0 Å². The molecule has 0 amide bonds. The van der Waals surface area contributed by atoms with Gasteiger partial charge >= 0.3 is 5.97 Å². The van der Waals surface area contributed by atoms with Crippen molar-refractivity contribution in [2.24, 2.45) is 7.05 Å². The summed E-state index contributed by atoms with van der Waals surface area (Å²) in [6.07, 6.45) is 2.43.